The van der Waals surface area contributed by atoms with E-state index >= 15 is 0 Å². The summed E-state index contributed by atoms with van der Waals surface area (Å²) in [5.74, 6) is 0.193. The second-order valence-electron chi connectivity index (χ2n) is 3.65. The molecule has 0 radical (unpaired) electrons. The Balaban J connectivity index is 2.84. The number of benzene rings is 1. The molecule has 1 aromatic carbocycles. The molecule has 0 bridgehead atoms. The molecule has 1 aromatic rings. The fraction of sp³-hybridized carbons (Fsp3) is 0.357. The van der Waals surface area contributed by atoms with Gasteiger partial charge in [-0.2, -0.15) is 0 Å². The summed E-state index contributed by atoms with van der Waals surface area (Å²) in [6.45, 7) is 9.49. The quantitative estimate of drug-likeness (QED) is 0.538. The lowest BCUT2D eigenvalue weighted by Crippen LogP contribution is -2.22. The number of anilines is 1. The van der Waals surface area contributed by atoms with Gasteiger partial charge in [-0.1, -0.05) is 13.0 Å². The van der Waals surface area contributed by atoms with E-state index in [1.165, 1.54) is 0 Å². The van der Waals surface area contributed by atoms with Crippen molar-refractivity contribution in [2.45, 2.75) is 20.3 Å². The molecule has 0 unspecified atom stereocenters. The lowest BCUT2D eigenvalue weighted by molar-refractivity contribution is 0.0988. The van der Waals surface area contributed by atoms with Crippen LogP contribution in [0.2, 0.25) is 0 Å². The Morgan fingerprint density at radius 3 is 2.38 bits per heavy atom. The molecule has 0 saturated heterocycles. The summed E-state index contributed by atoms with van der Waals surface area (Å²) < 4.78 is 0. The lowest BCUT2D eigenvalue weighted by Gasteiger charge is -2.21. The number of hydrogen-bond donors (Lipinski definition) is 0. The molecule has 1 rings (SSSR count). The molecule has 0 spiro atoms. The van der Waals surface area contributed by atoms with Crippen LogP contribution in [0.25, 0.3) is 0 Å². The molecule has 0 aliphatic heterocycles. The second kappa shape index (κ2) is 6.11. The van der Waals surface area contributed by atoms with Crippen molar-refractivity contribution >= 4 is 11.5 Å². The van der Waals surface area contributed by atoms with Crippen LogP contribution in [0.15, 0.2) is 36.9 Å². The summed E-state index contributed by atoms with van der Waals surface area (Å²) in [7, 11) is 0. The van der Waals surface area contributed by atoms with Gasteiger partial charge in [0.2, 0.25) is 0 Å². The number of ketones is 1. The van der Waals surface area contributed by atoms with Crippen molar-refractivity contribution in [2.24, 2.45) is 0 Å². The predicted molar refractivity (Wildman–Crippen MR) is 69.1 cm³/mol. The van der Waals surface area contributed by atoms with Crippen molar-refractivity contribution in [1.82, 2.24) is 0 Å². The van der Waals surface area contributed by atoms with E-state index in [2.05, 4.69) is 18.4 Å². The Hall–Kier alpha value is -1.57. The van der Waals surface area contributed by atoms with Crippen molar-refractivity contribution in [3.8, 4) is 0 Å². The molecule has 0 atom stereocenters. The van der Waals surface area contributed by atoms with E-state index in [0.29, 0.717) is 6.42 Å². The fourth-order valence-electron chi connectivity index (χ4n) is 1.64. The maximum absolute atomic E-state index is 11.5. The number of carbonyl (C=O) groups excluding carboxylic acids is 1. The van der Waals surface area contributed by atoms with Crippen molar-refractivity contribution in [3.05, 3.63) is 42.5 Å². The molecule has 86 valence electrons. The van der Waals surface area contributed by atoms with Crippen LogP contribution in [-0.2, 0) is 0 Å². The first kappa shape index (κ1) is 12.5. The van der Waals surface area contributed by atoms with Gasteiger partial charge in [-0.05, 0) is 31.2 Å². The average Bonchev–Trinajstić information content (AvgIpc) is 2.35. The van der Waals surface area contributed by atoms with Crippen LogP contribution in [0.1, 0.15) is 30.6 Å². The van der Waals surface area contributed by atoms with E-state index in [4.69, 9.17) is 0 Å². The Morgan fingerprint density at radius 2 is 1.94 bits per heavy atom. The predicted octanol–water partition coefficient (Wildman–Crippen LogP) is 3.29. The number of rotatable bonds is 6. The molecule has 0 aromatic heterocycles. The second-order valence-corrected chi connectivity index (χ2v) is 3.65. The van der Waals surface area contributed by atoms with Crippen molar-refractivity contribution in [1.29, 1.82) is 0 Å². The maximum atomic E-state index is 11.5. The summed E-state index contributed by atoms with van der Waals surface area (Å²) >= 11 is 0. The SMILES string of the molecule is C=CCN(CC)c1ccc(C(=O)CC)cc1. The van der Waals surface area contributed by atoms with E-state index in [0.717, 1.165) is 24.3 Å². The van der Waals surface area contributed by atoms with Gasteiger partial charge in [0.1, 0.15) is 0 Å². The van der Waals surface area contributed by atoms with Crippen LogP contribution in [0.3, 0.4) is 0 Å². The molecule has 0 amide bonds. The number of carbonyl (C=O) groups is 1. The zero-order valence-electron chi connectivity index (χ0n) is 10.1. The van der Waals surface area contributed by atoms with E-state index in [1.54, 1.807) is 0 Å². The highest BCUT2D eigenvalue weighted by atomic mass is 16.1. The highest BCUT2D eigenvalue weighted by molar-refractivity contribution is 5.96. The Labute approximate surface area is 97.6 Å². The first-order valence-electron chi connectivity index (χ1n) is 5.72. The third kappa shape index (κ3) is 2.96. The number of nitrogens with zero attached hydrogens (tertiary/aromatic N) is 1. The Kier molecular flexibility index (Phi) is 4.77. The highest BCUT2D eigenvalue weighted by Crippen LogP contribution is 2.15. The summed E-state index contributed by atoms with van der Waals surface area (Å²) in [5.41, 5.74) is 1.93. The zero-order chi connectivity index (χ0) is 12.0. The van der Waals surface area contributed by atoms with Crippen molar-refractivity contribution in [2.75, 3.05) is 18.0 Å². The van der Waals surface area contributed by atoms with E-state index in [-0.39, 0.29) is 5.78 Å². The number of hydrogen-bond acceptors (Lipinski definition) is 2. The van der Waals surface area contributed by atoms with Gasteiger partial charge in [0.25, 0.3) is 0 Å². The zero-order valence-corrected chi connectivity index (χ0v) is 10.1. The molecule has 0 N–H and O–H groups in total. The van der Waals surface area contributed by atoms with Gasteiger partial charge < -0.3 is 4.90 Å². The van der Waals surface area contributed by atoms with Crippen LogP contribution in [-0.4, -0.2) is 18.9 Å². The molecular weight excluding hydrogens is 198 g/mol. The van der Waals surface area contributed by atoms with Gasteiger partial charge >= 0.3 is 0 Å². The van der Waals surface area contributed by atoms with Gasteiger partial charge in [-0.3, -0.25) is 4.79 Å². The first-order valence-corrected chi connectivity index (χ1v) is 5.72. The highest BCUT2D eigenvalue weighted by Gasteiger charge is 2.05. The van der Waals surface area contributed by atoms with Crippen molar-refractivity contribution in [3.63, 3.8) is 0 Å². The summed E-state index contributed by atoms with van der Waals surface area (Å²) in [4.78, 5) is 13.7. The molecule has 0 aliphatic rings. The Morgan fingerprint density at radius 1 is 1.31 bits per heavy atom. The Bertz CT molecular complexity index is 354. The summed E-state index contributed by atoms with van der Waals surface area (Å²) in [6.07, 6.45) is 2.44. The minimum Gasteiger partial charge on any atom is -0.368 e. The molecule has 2 heteroatoms. The van der Waals surface area contributed by atoms with Crippen LogP contribution < -0.4 is 4.90 Å². The number of likely N-dealkylation sites (N-methyl/N-ethyl adjacent to an activating group) is 1. The van der Waals surface area contributed by atoms with Crippen LogP contribution in [0.5, 0.6) is 0 Å². The standard InChI is InChI=1S/C14H19NO/c1-4-11-15(6-3)13-9-7-12(8-10-13)14(16)5-2/h4,7-10H,1,5-6,11H2,2-3H3. The third-order valence-electron chi connectivity index (χ3n) is 2.61. The van der Waals surface area contributed by atoms with E-state index in [1.807, 2.05) is 37.3 Å². The van der Waals surface area contributed by atoms with Gasteiger partial charge in [-0.15, -0.1) is 6.58 Å². The van der Waals surface area contributed by atoms with Gasteiger partial charge in [-0.25, -0.2) is 0 Å². The smallest absolute Gasteiger partial charge is 0.162 e. The van der Waals surface area contributed by atoms with Gasteiger partial charge in [0.05, 0.1) is 0 Å². The summed E-state index contributed by atoms with van der Waals surface area (Å²) in [6, 6.07) is 7.78. The molecule has 0 aliphatic carbocycles. The molecule has 0 fully saturated rings. The normalized spacial score (nSPS) is 9.88. The van der Waals surface area contributed by atoms with E-state index < -0.39 is 0 Å². The number of Topliss-reactive ketones (excluding diaryl/α,β-unsaturated/α-hetero) is 1. The molecule has 16 heavy (non-hydrogen) atoms. The van der Waals surface area contributed by atoms with Gasteiger partial charge in [0, 0.05) is 30.8 Å². The van der Waals surface area contributed by atoms with Crippen LogP contribution in [0.4, 0.5) is 5.69 Å². The average molecular weight is 217 g/mol. The maximum Gasteiger partial charge on any atom is 0.162 e. The van der Waals surface area contributed by atoms with Crippen LogP contribution in [0, 0.1) is 0 Å². The van der Waals surface area contributed by atoms with Crippen LogP contribution >= 0.6 is 0 Å². The molecular formula is C14H19NO. The molecule has 2 nitrogen and oxygen atoms in total. The lowest BCUT2D eigenvalue weighted by atomic mass is 10.1. The summed E-state index contributed by atoms with van der Waals surface area (Å²) in [5, 5.41) is 0. The third-order valence-corrected chi connectivity index (χ3v) is 2.61. The fourth-order valence-corrected chi connectivity index (χ4v) is 1.64. The minimum absolute atomic E-state index is 0.193. The monoisotopic (exact) mass is 217 g/mol. The van der Waals surface area contributed by atoms with Crippen molar-refractivity contribution < 1.29 is 4.79 Å². The largest absolute Gasteiger partial charge is 0.368 e. The minimum atomic E-state index is 0.193. The first-order chi connectivity index (χ1) is 7.72. The van der Waals surface area contributed by atoms with Gasteiger partial charge in [0.15, 0.2) is 5.78 Å². The van der Waals surface area contributed by atoms with E-state index in [9.17, 15) is 4.79 Å². The topological polar surface area (TPSA) is 20.3 Å². The molecule has 0 heterocycles. The molecule has 0 saturated carbocycles.